The molecule has 2 aromatic rings. The minimum atomic E-state index is -0.272. The first-order chi connectivity index (χ1) is 11.5. The Labute approximate surface area is 143 Å². The van der Waals surface area contributed by atoms with Crippen molar-refractivity contribution in [1.82, 2.24) is 15.2 Å². The van der Waals surface area contributed by atoms with E-state index in [0.717, 1.165) is 36.1 Å². The van der Waals surface area contributed by atoms with E-state index in [4.69, 9.17) is 4.42 Å². The maximum Gasteiger partial charge on any atom is 0.137 e. The summed E-state index contributed by atoms with van der Waals surface area (Å²) in [5.74, 6) is 1.52. The molecule has 1 spiro atoms. The number of hydrogen-bond donors (Lipinski definition) is 2. The number of aliphatic hydroxyl groups excluding tert-OH is 1. The molecule has 1 saturated carbocycles. The molecule has 0 radical (unpaired) electrons. The Morgan fingerprint density at radius 1 is 1.46 bits per heavy atom. The van der Waals surface area contributed by atoms with Crippen molar-refractivity contribution in [2.75, 3.05) is 13.6 Å². The number of furan rings is 1. The zero-order valence-corrected chi connectivity index (χ0v) is 14.7. The highest BCUT2D eigenvalue weighted by molar-refractivity contribution is 5.76. The number of rotatable bonds is 4. The molecule has 2 aromatic heterocycles. The van der Waals surface area contributed by atoms with Crippen LogP contribution in [0.15, 0.2) is 28.9 Å². The summed E-state index contributed by atoms with van der Waals surface area (Å²) in [5, 5.41) is 15.1. The van der Waals surface area contributed by atoms with Gasteiger partial charge in [0.25, 0.3) is 0 Å². The van der Waals surface area contributed by atoms with E-state index in [0.29, 0.717) is 18.5 Å². The van der Waals surface area contributed by atoms with E-state index in [1.54, 1.807) is 6.20 Å². The standard InChI is InChI=1S/C19H27N3O2/c1-12(2)18-19(11-22(18)3)7-15(16(23)8-19)21-10-14-6-13-9-20-5-4-17(13)24-14/h4-6,9,12,15-16,18,21,23H,7-8,10-11H2,1-3H3/t15-,16-,18?,19?/m1/s1. The Balaban J connectivity index is 1.42. The maximum absolute atomic E-state index is 10.6. The largest absolute Gasteiger partial charge is 0.460 e. The summed E-state index contributed by atoms with van der Waals surface area (Å²) in [4.78, 5) is 6.56. The summed E-state index contributed by atoms with van der Waals surface area (Å²) >= 11 is 0. The van der Waals surface area contributed by atoms with Gasteiger partial charge in [0.15, 0.2) is 0 Å². The maximum atomic E-state index is 10.6. The zero-order valence-electron chi connectivity index (χ0n) is 14.7. The van der Waals surface area contributed by atoms with Crippen LogP contribution in [0.1, 0.15) is 32.4 Å². The monoisotopic (exact) mass is 329 g/mol. The van der Waals surface area contributed by atoms with Gasteiger partial charge in [-0.05, 0) is 37.9 Å². The molecule has 2 aliphatic rings. The second kappa shape index (κ2) is 5.83. The number of aliphatic hydroxyl groups is 1. The fraction of sp³-hybridized carbons (Fsp3) is 0.632. The molecule has 4 rings (SSSR count). The van der Waals surface area contributed by atoms with Crippen molar-refractivity contribution in [2.45, 2.75) is 51.4 Å². The average molecular weight is 329 g/mol. The predicted molar refractivity (Wildman–Crippen MR) is 93.6 cm³/mol. The van der Waals surface area contributed by atoms with Crippen LogP contribution >= 0.6 is 0 Å². The van der Waals surface area contributed by atoms with E-state index in [2.05, 4.69) is 36.1 Å². The van der Waals surface area contributed by atoms with Gasteiger partial charge >= 0.3 is 0 Å². The lowest BCUT2D eigenvalue weighted by Crippen LogP contribution is -2.64. The number of aromatic nitrogens is 1. The lowest BCUT2D eigenvalue weighted by atomic mass is 9.66. The Morgan fingerprint density at radius 2 is 2.29 bits per heavy atom. The second-order valence-corrected chi connectivity index (χ2v) is 8.06. The molecule has 1 saturated heterocycles. The summed E-state index contributed by atoms with van der Waals surface area (Å²) in [7, 11) is 2.20. The number of pyridine rings is 1. The van der Waals surface area contributed by atoms with Crippen LogP contribution in [-0.4, -0.2) is 46.8 Å². The Morgan fingerprint density at radius 3 is 3.00 bits per heavy atom. The van der Waals surface area contributed by atoms with Gasteiger partial charge in [0.2, 0.25) is 0 Å². The van der Waals surface area contributed by atoms with Gasteiger partial charge in [-0.2, -0.15) is 0 Å². The molecule has 3 heterocycles. The van der Waals surface area contributed by atoms with Crippen LogP contribution in [0.4, 0.5) is 0 Å². The van der Waals surface area contributed by atoms with E-state index in [-0.39, 0.29) is 17.6 Å². The van der Waals surface area contributed by atoms with Gasteiger partial charge in [-0.3, -0.25) is 4.98 Å². The van der Waals surface area contributed by atoms with Gasteiger partial charge in [-0.25, -0.2) is 0 Å². The van der Waals surface area contributed by atoms with Crippen LogP contribution in [-0.2, 0) is 6.54 Å². The van der Waals surface area contributed by atoms with Crippen molar-refractivity contribution in [3.63, 3.8) is 0 Å². The van der Waals surface area contributed by atoms with Crippen molar-refractivity contribution in [3.05, 3.63) is 30.3 Å². The Bertz CT molecular complexity index is 690. The van der Waals surface area contributed by atoms with Gasteiger partial charge in [0.1, 0.15) is 11.3 Å². The third-order valence-corrected chi connectivity index (χ3v) is 5.91. The molecule has 0 bridgehead atoms. The van der Waals surface area contributed by atoms with Crippen LogP contribution in [0.25, 0.3) is 11.0 Å². The van der Waals surface area contributed by atoms with Crippen molar-refractivity contribution >= 4 is 11.0 Å². The van der Waals surface area contributed by atoms with E-state index in [1.165, 1.54) is 0 Å². The summed E-state index contributed by atoms with van der Waals surface area (Å²) in [6, 6.07) is 4.64. The van der Waals surface area contributed by atoms with Gasteiger partial charge in [0, 0.05) is 41.8 Å². The molecular formula is C19H27N3O2. The van der Waals surface area contributed by atoms with E-state index in [1.807, 2.05) is 18.3 Å². The normalized spacial score (nSPS) is 33.6. The van der Waals surface area contributed by atoms with Crippen LogP contribution in [0.2, 0.25) is 0 Å². The molecular weight excluding hydrogens is 302 g/mol. The van der Waals surface area contributed by atoms with Crippen molar-refractivity contribution in [2.24, 2.45) is 11.3 Å². The molecule has 5 heteroatoms. The summed E-state index contributed by atoms with van der Waals surface area (Å²) < 4.78 is 5.84. The van der Waals surface area contributed by atoms with Crippen molar-refractivity contribution < 1.29 is 9.52 Å². The molecule has 2 fully saturated rings. The summed E-state index contributed by atoms with van der Waals surface area (Å²) in [6.07, 6.45) is 5.24. The topological polar surface area (TPSA) is 61.5 Å². The minimum absolute atomic E-state index is 0.145. The van der Waals surface area contributed by atoms with Crippen molar-refractivity contribution in [1.29, 1.82) is 0 Å². The number of likely N-dealkylation sites (tertiary alicyclic amines) is 1. The molecule has 130 valence electrons. The predicted octanol–water partition coefficient (Wildman–Crippen LogP) is 2.40. The third kappa shape index (κ3) is 2.55. The molecule has 4 atom stereocenters. The van der Waals surface area contributed by atoms with Gasteiger partial charge in [-0.15, -0.1) is 0 Å². The Hall–Kier alpha value is -1.43. The Kier molecular flexibility index (Phi) is 3.90. The smallest absolute Gasteiger partial charge is 0.137 e. The van der Waals surface area contributed by atoms with Gasteiger partial charge < -0.3 is 19.7 Å². The molecule has 5 nitrogen and oxygen atoms in total. The highest BCUT2D eigenvalue weighted by atomic mass is 16.3. The van der Waals surface area contributed by atoms with Crippen LogP contribution < -0.4 is 5.32 Å². The average Bonchev–Trinajstić information content (AvgIpc) is 3.05. The molecule has 2 unspecified atom stereocenters. The lowest BCUT2D eigenvalue weighted by Gasteiger charge is -2.57. The minimum Gasteiger partial charge on any atom is -0.460 e. The molecule has 0 amide bonds. The molecule has 2 N–H and O–H groups in total. The first-order valence-electron chi connectivity index (χ1n) is 8.93. The number of hydrogen-bond acceptors (Lipinski definition) is 5. The van der Waals surface area contributed by atoms with Gasteiger partial charge in [0.05, 0.1) is 12.6 Å². The highest BCUT2D eigenvalue weighted by Crippen LogP contribution is 2.52. The van der Waals surface area contributed by atoms with Crippen LogP contribution in [0.5, 0.6) is 0 Å². The molecule has 0 aromatic carbocycles. The number of nitrogens with one attached hydrogen (secondary N) is 1. The summed E-state index contributed by atoms with van der Waals surface area (Å²) in [5.41, 5.74) is 1.14. The first-order valence-corrected chi connectivity index (χ1v) is 8.93. The fourth-order valence-electron chi connectivity index (χ4n) is 5.31. The second-order valence-electron chi connectivity index (χ2n) is 8.06. The van der Waals surface area contributed by atoms with E-state index in [9.17, 15) is 5.11 Å². The molecule has 1 aliphatic carbocycles. The highest BCUT2D eigenvalue weighted by Gasteiger charge is 2.57. The fourth-order valence-corrected chi connectivity index (χ4v) is 5.31. The number of fused-ring (bicyclic) bond motifs is 1. The van der Waals surface area contributed by atoms with Gasteiger partial charge in [-0.1, -0.05) is 13.8 Å². The van der Waals surface area contributed by atoms with E-state index < -0.39 is 0 Å². The van der Waals surface area contributed by atoms with Crippen molar-refractivity contribution in [3.8, 4) is 0 Å². The van der Waals surface area contributed by atoms with Crippen LogP contribution in [0.3, 0.4) is 0 Å². The quantitative estimate of drug-likeness (QED) is 0.902. The summed E-state index contributed by atoms with van der Waals surface area (Å²) in [6.45, 7) is 6.32. The third-order valence-electron chi connectivity index (χ3n) is 5.91. The SMILES string of the molecule is CC(C)C1N(C)CC12C[C@@H](O)[C@H](NCc1cc3cnccc3o1)C2. The number of nitrogens with zero attached hydrogens (tertiary/aromatic N) is 2. The zero-order chi connectivity index (χ0) is 16.9. The molecule has 1 aliphatic heterocycles. The first kappa shape index (κ1) is 16.1. The van der Waals surface area contributed by atoms with Crippen LogP contribution in [0, 0.1) is 11.3 Å². The lowest BCUT2D eigenvalue weighted by molar-refractivity contribution is -0.0828. The molecule has 24 heavy (non-hydrogen) atoms. The van der Waals surface area contributed by atoms with E-state index >= 15 is 0 Å².